The van der Waals surface area contributed by atoms with E-state index in [1.54, 1.807) is 6.07 Å². The Morgan fingerprint density at radius 2 is 1.77 bits per heavy atom. The highest BCUT2D eigenvalue weighted by atomic mass is 19.1. The highest BCUT2D eigenvalue weighted by Gasteiger charge is 2.10. The third kappa shape index (κ3) is 3.37. The Hall–Kier alpha value is -2.98. The van der Waals surface area contributed by atoms with Crippen molar-refractivity contribution < 1.29 is 14.1 Å². The van der Waals surface area contributed by atoms with Gasteiger partial charge >= 0.3 is 5.63 Å². The molecule has 0 aliphatic rings. The number of rotatable bonds is 5. The lowest BCUT2D eigenvalue weighted by molar-refractivity contribution is -0.669. The van der Waals surface area contributed by atoms with E-state index in [4.69, 9.17) is 4.42 Å². The summed E-state index contributed by atoms with van der Waals surface area (Å²) in [5.74, 6) is -0.216. The molecule has 0 aliphatic carbocycles. The van der Waals surface area contributed by atoms with Crippen LogP contribution in [-0.4, -0.2) is 6.54 Å². The summed E-state index contributed by atoms with van der Waals surface area (Å²) in [5, 5.41) is 5.39. The summed E-state index contributed by atoms with van der Waals surface area (Å²) in [7, 11) is 0. The van der Waals surface area contributed by atoms with Crippen molar-refractivity contribution in [2.75, 3.05) is 6.54 Å². The summed E-state index contributed by atoms with van der Waals surface area (Å²) in [6, 6.07) is 20.1. The third-order valence-corrected chi connectivity index (χ3v) is 4.63. The van der Waals surface area contributed by atoms with Crippen molar-refractivity contribution in [1.82, 2.24) is 0 Å². The largest absolute Gasteiger partial charge is 0.423 e. The fourth-order valence-corrected chi connectivity index (χ4v) is 3.36. The molecular formula is C22H19FNO2+. The number of halogens is 1. The molecule has 0 atom stereocenters. The second-order valence-electron chi connectivity index (χ2n) is 6.41. The van der Waals surface area contributed by atoms with Gasteiger partial charge in [-0.25, -0.2) is 9.18 Å². The van der Waals surface area contributed by atoms with Crippen molar-refractivity contribution in [3.8, 4) is 0 Å². The first-order valence-electron chi connectivity index (χ1n) is 8.71. The fraction of sp³-hybridized carbons (Fsp3) is 0.136. The highest BCUT2D eigenvalue weighted by molar-refractivity contribution is 6.06. The molecule has 0 bridgehead atoms. The third-order valence-electron chi connectivity index (χ3n) is 4.63. The molecule has 0 saturated carbocycles. The Kier molecular flexibility index (Phi) is 4.50. The number of benzene rings is 3. The average Bonchev–Trinajstić information content (AvgIpc) is 2.66. The van der Waals surface area contributed by atoms with Gasteiger partial charge in [-0.3, -0.25) is 0 Å². The molecule has 4 heteroatoms. The highest BCUT2D eigenvalue weighted by Crippen LogP contribution is 2.26. The van der Waals surface area contributed by atoms with Gasteiger partial charge in [0.05, 0.1) is 6.54 Å². The monoisotopic (exact) mass is 348 g/mol. The molecule has 1 aromatic heterocycles. The summed E-state index contributed by atoms with van der Waals surface area (Å²) in [4.78, 5) is 11.9. The van der Waals surface area contributed by atoms with Crippen LogP contribution in [0.25, 0.3) is 21.7 Å². The topological polar surface area (TPSA) is 46.8 Å². The van der Waals surface area contributed by atoms with E-state index in [-0.39, 0.29) is 11.4 Å². The van der Waals surface area contributed by atoms with E-state index in [1.165, 1.54) is 12.1 Å². The molecule has 0 spiro atoms. The normalized spacial score (nSPS) is 11.3. The van der Waals surface area contributed by atoms with Gasteiger partial charge in [-0.05, 0) is 34.5 Å². The summed E-state index contributed by atoms with van der Waals surface area (Å²) in [6.45, 7) is 1.55. The van der Waals surface area contributed by atoms with Crippen molar-refractivity contribution in [1.29, 1.82) is 0 Å². The number of hydrogen-bond acceptors (Lipinski definition) is 2. The minimum atomic E-state index is -0.324. The van der Waals surface area contributed by atoms with Crippen molar-refractivity contribution in [2.24, 2.45) is 0 Å². The van der Waals surface area contributed by atoms with Crippen LogP contribution < -0.4 is 10.9 Å². The molecule has 2 N–H and O–H groups in total. The minimum Gasteiger partial charge on any atom is -0.423 e. The molecule has 0 unspecified atom stereocenters. The maximum absolute atomic E-state index is 13.0. The zero-order chi connectivity index (χ0) is 17.9. The lowest BCUT2D eigenvalue weighted by Gasteiger charge is -2.08. The van der Waals surface area contributed by atoms with Gasteiger partial charge in [-0.2, -0.15) is 0 Å². The molecule has 0 amide bonds. The van der Waals surface area contributed by atoms with Crippen molar-refractivity contribution in [3.63, 3.8) is 0 Å². The van der Waals surface area contributed by atoms with E-state index in [0.29, 0.717) is 12.1 Å². The maximum Gasteiger partial charge on any atom is 0.336 e. The van der Waals surface area contributed by atoms with Crippen LogP contribution in [0.15, 0.2) is 75.9 Å². The molecule has 0 fully saturated rings. The lowest BCUT2D eigenvalue weighted by Crippen LogP contribution is -2.83. The van der Waals surface area contributed by atoms with Crippen LogP contribution in [0.4, 0.5) is 4.39 Å². The predicted octanol–water partition coefficient (Wildman–Crippen LogP) is 3.39. The second-order valence-corrected chi connectivity index (χ2v) is 6.41. The van der Waals surface area contributed by atoms with Crippen LogP contribution >= 0.6 is 0 Å². The van der Waals surface area contributed by atoms with Crippen LogP contribution in [0.3, 0.4) is 0 Å². The lowest BCUT2D eigenvalue weighted by atomic mass is 10.0. The molecule has 26 heavy (non-hydrogen) atoms. The Bertz CT molecular complexity index is 1120. The van der Waals surface area contributed by atoms with Gasteiger partial charge in [0.25, 0.3) is 0 Å². The fourth-order valence-electron chi connectivity index (χ4n) is 3.36. The SMILES string of the molecule is O=c1cc(C[NH2+]CCc2ccc(F)cc2)c2c(ccc3ccccc32)o1. The van der Waals surface area contributed by atoms with Gasteiger partial charge in [-0.15, -0.1) is 0 Å². The van der Waals surface area contributed by atoms with Gasteiger partial charge in [0.2, 0.25) is 0 Å². The molecule has 130 valence electrons. The first kappa shape index (κ1) is 16.5. The minimum absolute atomic E-state index is 0.216. The molecular weight excluding hydrogens is 329 g/mol. The van der Waals surface area contributed by atoms with Gasteiger partial charge in [0, 0.05) is 23.4 Å². The van der Waals surface area contributed by atoms with Crippen LogP contribution in [0.5, 0.6) is 0 Å². The number of hydrogen-bond donors (Lipinski definition) is 1. The standard InChI is InChI=1S/C22H18FNO2/c23-18-8-5-15(6-9-18)11-12-24-14-17-13-21(25)26-20-10-7-16-3-1-2-4-19(16)22(17)20/h1-10,13,24H,11-12,14H2/p+1. The Morgan fingerprint density at radius 3 is 2.62 bits per heavy atom. The van der Waals surface area contributed by atoms with E-state index < -0.39 is 0 Å². The molecule has 4 rings (SSSR count). The summed E-state index contributed by atoms with van der Waals surface area (Å²) >= 11 is 0. The molecule has 4 aromatic rings. The molecule has 1 heterocycles. The number of nitrogens with two attached hydrogens (primary N) is 1. The second kappa shape index (κ2) is 7.10. The van der Waals surface area contributed by atoms with E-state index in [1.807, 2.05) is 36.4 Å². The summed E-state index contributed by atoms with van der Waals surface area (Å²) in [5.41, 5.74) is 2.38. The molecule has 3 aromatic carbocycles. The van der Waals surface area contributed by atoms with E-state index in [9.17, 15) is 9.18 Å². The number of fused-ring (bicyclic) bond motifs is 3. The van der Waals surface area contributed by atoms with Crippen molar-refractivity contribution in [3.05, 3.63) is 94.1 Å². The van der Waals surface area contributed by atoms with E-state index in [0.717, 1.165) is 40.3 Å². The Morgan fingerprint density at radius 1 is 0.962 bits per heavy atom. The summed E-state index contributed by atoms with van der Waals surface area (Å²) < 4.78 is 18.4. The van der Waals surface area contributed by atoms with Gasteiger partial charge in [-0.1, -0.05) is 42.5 Å². The van der Waals surface area contributed by atoms with Crippen LogP contribution in [0.2, 0.25) is 0 Å². The molecule has 0 saturated heterocycles. The van der Waals surface area contributed by atoms with Crippen molar-refractivity contribution >= 4 is 21.7 Å². The van der Waals surface area contributed by atoms with Gasteiger partial charge in [0.1, 0.15) is 17.9 Å². The zero-order valence-electron chi connectivity index (χ0n) is 14.2. The van der Waals surface area contributed by atoms with Gasteiger partial charge < -0.3 is 9.73 Å². The maximum atomic E-state index is 13.0. The first-order chi connectivity index (χ1) is 12.7. The number of quaternary nitrogens is 1. The van der Waals surface area contributed by atoms with Crippen molar-refractivity contribution in [2.45, 2.75) is 13.0 Å². The van der Waals surface area contributed by atoms with Crippen LogP contribution in [0.1, 0.15) is 11.1 Å². The Labute approximate surface area is 150 Å². The average molecular weight is 348 g/mol. The van der Waals surface area contributed by atoms with E-state index >= 15 is 0 Å². The molecule has 0 aliphatic heterocycles. The van der Waals surface area contributed by atoms with Gasteiger partial charge in [0.15, 0.2) is 0 Å². The van der Waals surface area contributed by atoms with E-state index in [2.05, 4.69) is 17.4 Å². The summed E-state index contributed by atoms with van der Waals surface area (Å²) in [6.07, 6.45) is 0.848. The Balaban J connectivity index is 1.58. The zero-order valence-corrected chi connectivity index (χ0v) is 14.2. The van der Waals surface area contributed by atoms with Crippen LogP contribution in [0, 0.1) is 5.82 Å². The molecule has 0 radical (unpaired) electrons. The predicted molar refractivity (Wildman–Crippen MR) is 101 cm³/mol. The first-order valence-corrected chi connectivity index (χ1v) is 8.71. The molecule has 3 nitrogen and oxygen atoms in total. The quantitative estimate of drug-likeness (QED) is 0.341. The van der Waals surface area contributed by atoms with Crippen LogP contribution in [-0.2, 0) is 13.0 Å². The smallest absolute Gasteiger partial charge is 0.336 e.